The van der Waals surface area contributed by atoms with E-state index in [1.54, 1.807) is 6.20 Å². The van der Waals surface area contributed by atoms with E-state index >= 15 is 0 Å². The molecule has 0 aliphatic carbocycles. The molecule has 1 N–H and O–H groups in total. The van der Waals surface area contributed by atoms with Crippen LogP contribution in [0, 0.1) is 0 Å². The number of hydrogen-bond acceptors (Lipinski definition) is 3. The van der Waals surface area contributed by atoms with E-state index in [4.69, 9.17) is 4.74 Å². The molecule has 1 saturated heterocycles. The highest BCUT2D eigenvalue weighted by atomic mass is 16.5. The van der Waals surface area contributed by atoms with Gasteiger partial charge in [0.15, 0.2) is 0 Å². The first-order valence-electron chi connectivity index (χ1n) is 6.53. The Morgan fingerprint density at radius 3 is 3.12 bits per heavy atom. The van der Waals surface area contributed by atoms with E-state index in [2.05, 4.69) is 4.98 Å². The molecular formula is C14H21NO2. The molecule has 17 heavy (non-hydrogen) atoms. The van der Waals surface area contributed by atoms with Crippen LogP contribution < -0.4 is 0 Å². The second-order valence-corrected chi connectivity index (χ2v) is 4.79. The number of hydrogen-bond donors (Lipinski definition) is 1. The molecule has 1 aromatic heterocycles. The molecule has 3 nitrogen and oxygen atoms in total. The van der Waals surface area contributed by atoms with Crippen molar-refractivity contribution in [1.82, 2.24) is 4.98 Å². The number of aromatic nitrogens is 1. The summed E-state index contributed by atoms with van der Waals surface area (Å²) in [6, 6.07) is 3.92. The maximum Gasteiger partial charge on any atom is 0.0582 e. The Bertz CT molecular complexity index is 309. The van der Waals surface area contributed by atoms with Gasteiger partial charge in [0.25, 0.3) is 0 Å². The van der Waals surface area contributed by atoms with Crippen LogP contribution in [0.3, 0.4) is 0 Å². The van der Waals surface area contributed by atoms with Gasteiger partial charge in [-0.15, -0.1) is 0 Å². The summed E-state index contributed by atoms with van der Waals surface area (Å²) in [6.45, 7) is 0.892. The average Bonchev–Trinajstić information content (AvgIpc) is 2.39. The van der Waals surface area contributed by atoms with Crippen molar-refractivity contribution in [2.24, 2.45) is 0 Å². The molecule has 2 heterocycles. The quantitative estimate of drug-likeness (QED) is 0.851. The first-order valence-corrected chi connectivity index (χ1v) is 6.53. The van der Waals surface area contributed by atoms with Gasteiger partial charge in [0, 0.05) is 19.0 Å². The van der Waals surface area contributed by atoms with Gasteiger partial charge in [-0.25, -0.2) is 0 Å². The fourth-order valence-electron chi connectivity index (χ4n) is 2.31. The van der Waals surface area contributed by atoms with Crippen molar-refractivity contribution >= 4 is 0 Å². The van der Waals surface area contributed by atoms with Crippen molar-refractivity contribution in [2.75, 3.05) is 6.61 Å². The molecule has 2 atom stereocenters. The zero-order chi connectivity index (χ0) is 11.9. The number of ether oxygens (including phenoxy) is 1. The molecule has 1 fully saturated rings. The molecular weight excluding hydrogens is 214 g/mol. The van der Waals surface area contributed by atoms with E-state index in [1.165, 1.54) is 12.8 Å². The first kappa shape index (κ1) is 12.5. The maximum atomic E-state index is 9.95. The second-order valence-electron chi connectivity index (χ2n) is 4.79. The zero-order valence-electron chi connectivity index (χ0n) is 10.2. The van der Waals surface area contributed by atoms with Crippen LogP contribution in [0.15, 0.2) is 24.5 Å². The van der Waals surface area contributed by atoms with E-state index in [1.807, 2.05) is 18.3 Å². The largest absolute Gasteiger partial charge is 0.393 e. The number of pyridine rings is 1. The summed E-state index contributed by atoms with van der Waals surface area (Å²) in [4.78, 5) is 4.05. The van der Waals surface area contributed by atoms with Crippen molar-refractivity contribution in [3.05, 3.63) is 30.1 Å². The summed E-state index contributed by atoms with van der Waals surface area (Å²) in [6.07, 6.45) is 9.77. The Morgan fingerprint density at radius 2 is 2.41 bits per heavy atom. The molecule has 1 aliphatic rings. The summed E-state index contributed by atoms with van der Waals surface area (Å²) in [5.74, 6) is 0. The van der Waals surface area contributed by atoms with Crippen LogP contribution in [0.2, 0.25) is 0 Å². The van der Waals surface area contributed by atoms with Gasteiger partial charge in [-0.05, 0) is 50.2 Å². The molecule has 0 amide bonds. The predicted octanol–water partition coefficient (Wildman–Crippen LogP) is 2.33. The van der Waals surface area contributed by atoms with Crippen LogP contribution in [0.1, 0.15) is 37.7 Å². The maximum absolute atomic E-state index is 9.95. The van der Waals surface area contributed by atoms with Gasteiger partial charge in [-0.2, -0.15) is 0 Å². The van der Waals surface area contributed by atoms with Gasteiger partial charge in [0.1, 0.15) is 0 Å². The normalized spacial score (nSPS) is 22.3. The molecule has 3 heteroatoms. The molecule has 0 spiro atoms. The van der Waals surface area contributed by atoms with Crippen LogP contribution in [-0.4, -0.2) is 28.9 Å². The Hall–Kier alpha value is -0.930. The molecule has 1 aromatic rings. The molecule has 2 rings (SSSR count). The van der Waals surface area contributed by atoms with Crippen LogP contribution in [0.4, 0.5) is 0 Å². The Balaban J connectivity index is 1.68. The minimum atomic E-state index is -0.273. The lowest BCUT2D eigenvalue weighted by Crippen LogP contribution is -2.21. The smallest absolute Gasteiger partial charge is 0.0582 e. The van der Waals surface area contributed by atoms with Gasteiger partial charge >= 0.3 is 0 Å². The third-order valence-electron chi connectivity index (χ3n) is 3.29. The van der Waals surface area contributed by atoms with Gasteiger partial charge in [0.2, 0.25) is 0 Å². The number of aliphatic hydroxyl groups excluding tert-OH is 1. The zero-order valence-corrected chi connectivity index (χ0v) is 10.2. The van der Waals surface area contributed by atoms with Crippen molar-refractivity contribution in [3.8, 4) is 0 Å². The highest BCUT2D eigenvalue weighted by Gasteiger charge is 2.15. The Labute approximate surface area is 103 Å². The summed E-state index contributed by atoms with van der Waals surface area (Å²) >= 11 is 0. The third-order valence-corrected chi connectivity index (χ3v) is 3.29. The van der Waals surface area contributed by atoms with Crippen LogP contribution >= 0.6 is 0 Å². The molecule has 2 unspecified atom stereocenters. The second kappa shape index (κ2) is 6.72. The third kappa shape index (κ3) is 4.44. The molecule has 1 aliphatic heterocycles. The van der Waals surface area contributed by atoms with Crippen molar-refractivity contribution in [3.63, 3.8) is 0 Å². The summed E-state index contributed by atoms with van der Waals surface area (Å²) in [7, 11) is 0. The Kier molecular flexibility index (Phi) is 4.95. The number of rotatable bonds is 5. The molecule has 0 radical (unpaired) electrons. The van der Waals surface area contributed by atoms with Crippen molar-refractivity contribution in [2.45, 2.75) is 50.7 Å². The highest BCUT2D eigenvalue weighted by molar-refractivity contribution is 5.09. The molecule has 0 aromatic carbocycles. The summed E-state index contributed by atoms with van der Waals surface area (Å²) in [5, 5.41) is 9.95. The van der Waals surface area contributed by atoms with Crippen LogP contribution in [-0.2, 0) is 11.2 Å². The van der Waals surface area contributed by atoms with Gasteiger partial charge < -0.3 is 9.84 Å². The minimum absolute atomic E-state index is 0.273. The van der Waals surface area contributed by atoms with Crippen LogP contribution in [0.5, 0.6) is 0 Å². The van der Waals surface area contributed by atoms with E-state index in [-0.39, 0.29) is 6.10 Å². The van der Waals surface area contributed by atoms with E-state index in [0.29, 0.717) is 12.5 Å². The monoisotopic (exact) mass is 235 g/mol. The fraction of sp³-hybridized carbons (Fsp3) is 0.643. The molecule has 0 bridgehead atoms. The average molecular weight is 235 g/mol. The lowest BCUT2D eigenvalue weighted by atomic mass is 10.00. The lowest BCUT2D eigenvalue weighted by molar-refractivity contribution is 0.00234. The minimum Gasteiger partial charge on any atom is -0.393 e. The van der Waals surface area contributed by atoms with Gasteiger partial charge in [-0.1, -0.05) is 6.07 Å². The summed E-state index contributed by atoms with van der Waals surface area (Å²) in [5.41, 5.74) is 1.10. The fourth-order valence-corrected chi connectivity index (χ4v) is 2.31. The SMILES string of the molecule is OC(CCC1CCCCO1)Cc1cccnc1. The van der Waals surface area contributed by atoms with E-state index in [9.17, 15) is 5.11 Å². The number of aliphatic hydroxyl groups is 1. The summed E-state index contributed by atoms with van der Waals surface area (Å²) < 4.78 is 5.66. The Morgan fingerprint density at radius 1 is 1.47 bits per heavy atom. The highest BCUT2D eigenvalue weighted by Crippen LogP contribution is 2.18. The standard InChI is InChI=1S/C14H21NO2/c16-13(10-12-4-3-8-15-11-12)6-7-14-5-1-2-9-17-14/h3-4,8,11,13-14,16H,1-2,5-7,9-10H2. The van der Waals surface area contributed by atoms with Gasteiger partial charge in [-0.3, -0.25) is 4.98 Å². The van der Waals surface area contributed by atoms with Crippen molar-refractivity contribution in [1.29, 1.82) is 0 Å². The number of nitrogens with zero attached hydrogens (tertiary/aromatic N) is 1. The van der Waals surface area contributed by atoms with Gasteiger partial charge in [0.05, 0.1) is 12.2 Å². The topological polar surface area (TPSA) is 42.4 Å². The predicted molar refractivity (Wildman–Crippen MR) is 66.8 cm³/mol. The molecule has 94 valence electrons. The van der Waals surface area contributed by atoms with Crippen molar-refractivity contribution < 1.29 is 9.84 Å². The first-order chi connectivity index (χ1) is 8.34. The lowest BCUT2D eigenvalue weighted by Gasteiger charge is -2.23. The van der Waals surface area contributed by atoms with E-state index in [0.717, 1.165) is 31.4 Å². The van der Waals surface area contributed by atoms with E-state index < -0.39 is 0 Å². The van der Waals surface area contributed by atoms with Crippen LogP contribution in [0.25, 0.3) is 0 Å². The molecule has 0 saturated carbocycles.